The van der Waals surface area contributed by atoms with Crippen molar-refractivity contribution in [1.82, 2.24) is 0 Å². The first-order chi connectivity index (χ1) is 6.74. The van der Waals surface area contributed by atoms with E-state index in [-0.39, 0.29) is 5.78 Å². The first-order valence-electron chi connectivity index (χ1n) is 4.91. The first kappa shape index (κ1) is 11.4. The Bertz CT molecular complexity index is 291. The zero-order valence-electron chi connectivity index (χ0n) is 8.71. The Morgan fingerprint density at radius 3 is 2.86 bits per heavy atom. The van der Waals surface area contributed by atoms with E-state index in [4.69, 9.17) is 4.74 Å². The van der Waals surface area contributed by atoms with Crippen LogP contribution in [-0.4, -0.2) is 19.0 Å². The van der Waals surface area contributed by atoms with Crippen molar-refractivity contribution in [2.45, 2.75) is 26.7 Å². The van der Waals surface area contributed by atoms with Crippen molar-refractivity contribution in [3.8, 4) is 0 Å². The molecule has 0 aliphatic heterocycles. The van der Waals surface area contributed by atoms with Crippen LogP contribution in [0.4, 0.5) is 0 Å². The number of thiophene rings is 1. The van der Waals surface area contributed by atoms with Gasteiger partial charge < -0.3 is 4.74 Å². The van der Waals surface area contributed by atoms with Gasteiger partial charge in [-0.25, -0.2) is 0 Å². The second kappa shape index (κ2) is 5.94. The van der Waals surface area contributed by atoms with Gasteiger partial charge in [0.2, 0.25) is 0 Å². The summed E-state index contributed by atoms with van der Waals surface area (Å²) in [7, 11) is 0. The Labute approximate surface area is 88.9 Å². The molecule has 1 rings (SSSR count). The lowest BCUT2D eigenvalue weighted by molar-refractivity contribution is 0.0951. The number of Topliss-reactive ketones (excluding diaryl/α,β-unsaturated/α-hetero) is 1. The minimum atomic E-state index is 0.239. The molecule has 14 heavy (non-hydrogen) atoms. The summed E-state index contributed by atoms with van der Waals surface area (Å²) >= 11 is 1.57. The van der Waals surface area contributed by atoms with Crippen LogP contribution in [0.1, 0.15) is 34.3 Å². The minimum absolute atomic E-state index is 0.239. The number of carbonyl (C=O) groups excluding carboxylic acids is 1. The van der Waals surface area contributed by atoms with Gasteiger partial charge in [-0.15, -0.1) is 11.3 Å². The predicted octanol–water partition coefficient (Wildman–Crippen LogP) is 3.06. The molecule has 0 fully saturated rings. The molecule has 1 aromatic heterocycles. The lowest BCUT2D eigenvalue weighted by Gasteiger charge is -1.99. The number of ether oxygens (including phenoxy) is 1. The lowest BCUT2D eigenvalue weighted by atomic mass is 10.2. The van der Waals surface area contributed by atoms with Crippen molar-refractivity contribution in [3.05, 3.63) is 21.9 Å². The van der Waals surface area contributed by atoms with Crippen molar-refractivity contribution in [1.29, 1.82) is 0 Å². The topological polar surface area (TPSA) is 26.3 Å². The van der Waals surface area contributed by atoms with E-state index in [1.54, 1.807) is 11.3 Å². The fraction of sp³-hybridized carbons (Fsp3) is 0.545. The summed E-state index contributed by atoms with van der Waals surface area (Å²) in [4.78, 5) is 13.6. The highest BCUT2D eigenvalue weighted by atomic mass is 32.1. The Kier molecular flexibility index (Phi) is 4.84. The third-order valence-electron chi connectivity index (χ3n) is 1.91. The second-order valence-electron chi connectivity index (χ2n) is 3.13. The molecule has 0 unspecified atom stereocenters. The van der Waals surface area contributed by atoms with Gasteiger partial charge in [-0.05, 0) is 32.4 Å². The van der Waals surface area contributed by atoms with Crippen LogP contribution in [0.15, 0.2) is 12.1 Å². The molecular weight excluding hydrogens is 196 g/mol. The van der Waals surface area contributed by atoms with E-state index in [9.17, 15) is 4.79 Å². The maximum Gasteiger partial charge on any atom is 0.172 e. The van der Waals surface area contributed by atoms with E-state index in [0.717, 1.165) is 17.9 Å². The predicted molar refractivity (Wildman–Crippen MR) is 59.1 cm³/mol. The van der Waals surface area contributed by atoms with Gasteiger partial charge >= 0.3 is 0 Å². The molecule has 0 atom stereocenters. The molecule has 0 aliphatic carbocycles. The zero-order valence-corrected chi connectivity index (χ0v) is 9.52. The van der Waals surface area contributed by atoms with Gasteiger partial charge in [0.15, 0.2) is 5.78 Å². The Morgan fingerprint density at radius 1 is 1.50 bits per heavy atom. The third-order valence-corrected chi connectivity index (χ3v) is 2.95. The molecule has 1 heterocycles. The van der Waals surface area contributed by atoms with Crippen molar-refractivity contribution in [3.63, 3.8) is 0 Å². The number of hydrogen-bond acceptors (Lipinski definition) is 3. The summed E-state index contributed by atoms with van der Waals surface area (Å²) in [5.74, 6) is 0.239. The van der Waals surface area contributed by atoms with Gasteiger partial charge in [0.05, 0.1) is 4.88 Å². The summed E-state index contributed by atoms with van der Waals surface area (Å²) in [5.41, 5.74) is 0. The monoisotopic (exact) mass is 212 g/mol. The molecule has 0 amide bonds. The van der Waals surface area contributed by atoms with Crippen molar-refractivity contribution in [2.24, 2.45) is 0 Å². The Hall–Kier alpha value is -0.670. The van der Waals surface area contributed by atoms with E-state index in [2.05, 4.69) is 0 Å². The molecule has 0 radical (unpaired) electrons. The van der Waals surface area contributed by atoms with E-state index in [0.29, 0.717) is 13.0 Å². The number of ketones is 1. The summed E-state index contributed by atoms with van der Waals surface area (Å²) < 4.78 is 5.18. The van der Waals surface area contributed by atoms with Gasteiger partial charge in [0, 0.05) is 24.5 Å². The smallest absolute Gasteiger partial charge is 0.172 e. The molecule has 0 spiro atoms. The highest BCUT2D eigenvalue weighted by molar-refractivity contribution is 7.14. The molecule has 1 aromatic rings. The number of carbonyl (C=O) groups is 1. The molecule has 3 heteroatoms. The van der Waals surface area contributed by atoms with Crippen LogP contribution < -0.4 is 0 Å². The second-order valence-corrected chi connectivity index (χ2v) is 4.42. The van der Waals surface area contributed by atoms with E-state index < -0.39 is 0 Å². The molecule has 0 aliphatic rings. The number of aryl methyl sites for hydroxylation is 1. The maximum absolute atomic E-state index is 11.6. The highest BCUT2D eigenvalue weighted by Crippen LogP contribution is 2.17. The molecular formula is C11H16O2S. The fourth-order valence-electron chi connectivity index (χ4n) is 1.19. The van der Waals surface area contributed by atoms with E-state index in [1.165, 1.54) is 4.88 Å². The SMILES string of the molecule is CCOCCCC(=O)c1ccc(C)s1. The molecule has 0 N–H and O–H groups in total. The van der Waals surface area contributed by atoms with Crippen LogP contribution in [0.5, 0.6) is 0 Å². The van der Waals surface area contributed by atoms with Gasteiger partial charge in [0.25, 0.3) is 0 Å². The van der Waals surface area contributed by atoms with E-state index in [1.807, 2.05) is 26.0 Å². The number of rotatable bonds is 6. The van der Waals surface area contributed by atoms with Gasteiger partial charge in [-0.1, -0.05) is 0 Å². The van der Waals surface area contributed by atoms with Crippen LogP contribution in [-0.2, 0) is 4.74 Å². The maximum atomic E-state index is 11.6. The van der Waals surface area contributed by atoms with Crippen LogP contribution in [0.25, 0.3) is 0 Å². The molecule has 0 saturated heterocycles. The van der Waals surface area contributed by atoms with Crippen molar-refractivity contribution in [2.75, 3.05) is 13.2 Å². The fourth-order valence-corrected chi connectivity index (χ4v) is 2.02. The molecule has 2 nitrogen and oxygen atoms in total. The average Bonchev–Trinajstić information content (AvgIpc) is 2.59. The lowest BCUT2D eigenvalue weighted by Crippen LogP contribution is -2.00. The van der Waals surface area contributed by atoms with Gasteiger partial charge in [0.1, 0.15) is 0 Å². The van der Waals surface area contributed by atoms with Crippen LogP contribution >= 0.6 is 11.3 Å². The Morgan fingerprint density at radius 2 is 2.29 bits per heavy atom. The molecule has 0 saturated carbocycles. The van der Waals surface area contributed by atoms with Gasteiger partial charge in [-0.3, -0.25) is 4.79 Å². The minimum Gasteiger partial charge on any atom is -0.382 e. The summed E-state index contributed by atoms with van der Waals surface area (Å²) in [6.07, 6.45) is 1.42. The van der Waals surface area contributed by atoms with Crippen LogP contribution in [0.2, 0.25) is 0 Å². The zero-order chi connectivity index (χ0) is 10.4. The Balaban J connectivity index is 2.29. The quantitative estimate of drug-likeness (QED) is 0.535. The molecule has 0 bridgehead atoms. The largest absolute Gasteiger partial charge is 0.382 e. The van der Waals surface area contributed by atoms with Crippen LogP contribution in [0, 0.1) is 6.92 Å². The van der Waals surface area contributed by atoms with Crippen molar-refractivity contribution >= 4 is 17.1 Å². The van der Waals surface area contributed by atoms with Crippen LogP contribution in [0.3, 0.4) is 0 Å². The van der Waals surface area contributed by atoms with Gasteiger partial charge in [-0.2, -0.15) is 0 Å². The highest BCUT2D eigenvalue weighted by Gasteiger charge is 2.07. The average molecular weight is 212 g/mol. The van der Waals surface area contributed by atoms with Crippen molar-refractivity contribution < 1.29 is 9.53 Å². The number of hydrogen-bond donors (Lipinski definition) is 0. The van der Waals surface area contributed by atoms with E-state index >= 15 is 0 Å². The molecule has 0 aromatic carbocycles. The summed E-state index contributed by atoms with van der Waals surface area (Å²) in [5, 5.41) is 0. The summed E-state index contributed by atoms with van der Waals surface area (Å²) in [6, 6.07) is 3.89. The normalized spacial score (nSPS) is 10.4. The first-order valence-corrected chi connectivity index (χ1v) is 5.73. The third kappa shape index (κ3) is 3.60. The molecule has 78 valence electrons. The standard InChI is InChI=1S/C11H16O2S/c1-3-13-8-4-5-10(12)11-7-6-9(2)14-11/h6-7H,3-5,8H2,1-2H3. The summed E-state index contributed by atoms with van der Waals surface area (Å²) in [6.45, 7) is 5.39.